The molecule has 2 aromatic heterocycles. The van der Waals surface area contributed by atoms with Gasteiger partial charge >= 0.3 is 0 Å². The molecule has 2 aromatic carbocycles. The van der Waals surface area contributed by atoms with Gasteiger partial charge in [-0.05, 0) is 65.9 Å². The summed E-state index contributed by atoms with van der Waals surface area (Å²) in [5.74, 6) is 1.03. The molecule has 5 nitrogen and oxygen atoms in total. The molecule has 1 N–H and O–H groups in total. The minimum atomic E-state index is -1.80. The van der Waals surface area contributed by atoms with Crippen LogP contribution in [0.3, 0.4) is 0 Å². The minimum absolute atomic E-state index is 0.183. The van der Waals surface area contributed by atoms with Gasteiger partial charge in [-0.3, -0.25) is 0 Å². The van der Waals surface area contributed by atoms with Crippen LogP contribution in [-0.4, -0.2) is 28.0 Å². The number of rotatable bonds is 8. The van der Waals surface area contributed by atoms with Crippen LogP contribution >= 0.6 is 0 Å². The van der Waals surface area contributed by atoms with Gasteiger partial charge in [-0.25, -0.2) is 9.97 Å². The predicted molar refractivity (Wildman–Crippen MR) is 154 cm³/mol. The highest BCUT2D eigenvalue weighted by atomic mass is 28.4. The quantitative estimate of drug-likeness (QED) is 0.251. The molecule has 0 radical (unpaired) electrons. The number of benzene rings is 2. The summed E-state index contributed by atoms with van der Waals surface area (Å²) >= 11 is 0. The van der Waals surface area contributed by atoms with E-state index in [-0.39, 0.29) is 5.04 Å². The van der Waals surface area contributed by atoms with Crippen LogP contribution in [0.5, 0.6) is 0 Å². The molecule has 0 amide bonds. The average molecular weight is 516 g/mol. The van der Waals surface area contributed by atoms with Gasteiger partial charge in [-0.2, -0.15) is 0 Å². The highest BCUT2D eigenvalue weighted by molar-refractivity contribution is 6.74. The van der Waals surface area contributed by atoms with Crippen molar-refractivity contribution in [2.75, 3.05) is 0 Å². The highest BCUT2D eigenvalue weighted by Gasteiger charge is 2.37. The number of pyridine rings is 1. The van der Waals surface area contributed by atoms with Crippen LogP contribution in [-0.2, 0) is 24.0 Å². The van der Waals surface area contributed by atoms with Crippen molar-refractivity contribution in [2.24, 2.45) is 0 Å². The number of nitrogens with zero attached hydrogens (tertiary/aromatic N) is 3. The number of aliphatic hydroxyl groups is 1. The number of aromatic nitrogens is 3. The van der Waals surface area contributed by atoms with Gasteiger partial charge in [0.1, 0.15) is 17.4 Å². The molecule has 2 heterocycles. The molecule has 1 atom stereocenters. The van der Waals surface area contributed by atoms with Gasteiger partial charge < -0.3 is 14.1 Å². The zero-order valence-corrected chi connectivity index (χ0v) is 24.6. The summed E-state index contributed by atoms with van der Waals surface area (Å²) in [6, 6.07) is 18.4. The Balaban J connectivity index is 1.53. The maximum absolute atomic E-state index is 11.2. The topological polar surface area (TPSA) is 60.2 Å². The largest absolute Gasteiger partial charge is 0.413 e. The summed E-state index contributed by atoms with van der Waals surface area (Å²) in [4.78, 5) is 9.67. The van der Waals surface area contributed by atoms with Gasteiger partial charge in [0, 0.05) is 12.1 Å². The molecule has 0 fully saturated rings. The predicted octanol–water partition coefficient (Wildman–Crippen LogP) is 7.26. The van der Waals surface area contributed by atoms with Gasteiger partial charge in [-0.1, -0.05) is 76.2 Å². The number of fused-ring (bicyclic) bond motifs is 1. The van der Waals surface area contributed by atoms with E-state index in [2.05, 4.69) is 82.6 Å². The Morgan fingerprint density at radius 1 is 0.946 bits per heavy atom. The van der Waals surface area contributed by atoms with Crippen molar-refractivity contribution in [3.63, 3.8) is 0 Å². The summed E-state index contributed by atoms with van der Waals surface area (Å²) in [5.41, 5.74) is 8.05. The normalized spacial score (nSPS) is 13.3. The fourth-order valence-corrected chi connectivity index (χ4v) is 5.36. The van der Waals surface area contributed by atoms with Gasteiger partial charge in [0.15, 0.2) is 14.0 Å². The Morgan fingerprint density at radius 3 is 2.30 bits per heavy atom. The molecule has 0 spiro atoms. The van der Waals surface area contributed by atoms with E-state index in [0.717, 1.165) is 56.9 Å². The van der Waals surface area contributed by atoms with E-state index >= 15 is 0 Å². The van der Waals surface area contributed by atoms with Crippen molar-refractivity contribution in [2.45, 2.75) is 85.4 Å². The van der Waals surface area contributed by atoms with Crippen molar-refractivity contribution >= 4 is 19.5 Å². The summed E-state index contributed by atoms with van der Waals surface area (Å²) in [6.07, 6.45) is 0.144. The smallest absolute Gasteiger partial charge is 0.192 e. The summed E-state index contributed by atoms with van der Waals surface area (Å²) in [7, 11) is -1.80. The third kappa shape index (κ3) is 5.87. The fraction of sp³-hybridized carbons (Fsp3) is 0.419. The molecule has 0 aliphatic rings. The van der Waals surface area contributed by atoms with Crippen LogP contribution in [0.15, 0.2) is 54.6 Å². The summed E-state index contributed by atoms with van der Waals surface area (Å²) in [6.45, 7) is 18.8. The second-order valence-electron chi connectivity index (χ2n) is 11.7. The lowest BCUT2D eigenvalue weighted by Crippen LogP contribution is -2.40. The zero-order valence-electron chi connectivity index (χ0n) is 23.6. The van der Waals surface area contributed by atoms with Crippen LogP contribution in [0.25, 0.3) is 11.2 Å². The Bertz CT molecular complexity index is 1380. The van der Waals surface area contributed by atoms with Gasteiger partial charge in [-0.15, -0.1) is 0 Å². The molecule has 0 saturated carbocycles. The van der Waals surface area contributed by atoms with Crippen molar-refractivity contribution in [1.29, 1.82) is 0 Å². The summed E-state index contributed by atoms with van der Waals surface area (Å²) in [5, 5.41) is 11.4. The van der Waals surface area contributed by atoms with Gasteiger partial charge in [0.05, 0.1) is 13.2 Å². The van der Waals surface area contributed by atoms with E-state index < -0.39 is 14.4 Å². The standard InChI is InChI=1S/C31H41N3O2Si/c1-9-27-33-28-21(2)17-22(3)32-30(28)34(27)19-24-11-10-12-26(18-24)29(35)25-15-13-23(14-16-25)20-36-37(7,8)31(4,5)6/h10-18,29,35H,9,19-20H2,1-8H3. The molecule has 1 unspecified atom stereocenters. The molecule has 4 rings (SSSR count). The van der Waals surface area contributed by atoms with E-state index in [1.807, 2.05) is 31.2 Å². The first-order valence-corrected chi connectivity index (χ1v) is 16.1. The number of imidazole rings is 1. The minimum Gasteiger partial charge on any atom is -0.413 e. The zero-order chi connectivity index (χ0) is 27.0. The Kier molecular flexibility index (Phi) is 7.74. The lowest BCUT2D eigenvalue weighted by Gasteiger charge is -2.36. The third-order valence-corrected chi connectivity index (χ3v) is 12.2. The third-order valence-electron chi connectivity index (χ3n) is 7.73. The van der Waals surface area contributed by atoms with Crippen molar-refractivity contribution < 1.29 is 9.53 Å². The number of hydrogen-bond donors (Lipinski definition) is 1. The molecule has 0 aliphatic carbocycles. The second kappa shape index (κ2) is 10.5. The van der Waals surface area contributed by atoms with E-state index in [1.54, 1.807) is 0 Å². The van der Waals surface area contributed by atoms with Crippen molar-refractivity contribution in [3.8, 4) is 0 Å². The molecule has 0 aliphatic heterocycles. The molecule has 4 aromatic rings. The molecular formula is C31H41N3O2Si. The molecule has 6 heteroatoms. The summed E-state index contributed by atoms with van der Waals surface area (Å²) < 4.78 is 8.56. The van der Waals surface area contributed by atoms with E-state index in [4.69, 9.17) is 14.4 Å². The lowest BCUT2D eigenvalue weighted by molar-refractivity contribution is 0.220. The van der Waals surface area contributed by atoms with Gasteiger partial charge in [0.25, 0.3) is 0 Å². The van der Waals surface area contributed by atoms with E-state index in [0.29, 0.717) is 13.2 Å². The van der Waals surface area contributed by atoms with E-state index in [1.165, 1.54) is 0 Å². The van der Waals surface area contributed by atoms with Crippen LogP contribution in [0, 0.1) is 13.8 Å². The van der Waals surface area contributed by atoms with Crippen LogP contribution in [0.4, 0.5) is 0 Å². The Hall–Kier alpha value is -2.80. The lowest BCUT2D eigenvalue weighted by atomic mass is 9.99. The van der Waals surface area contributed by atoms with Crippen molar-refractivity contribution in [3.05, 3.63) is 93.9 Å². The monoisotopic (exact) mass is 515 g/mol. The fourth-order valence-electron chi connectivity index (χ4n) is 4.40. The maximum Gasteiger partial charge on any atom is 0.192 e. The Morgan fingerprint density at radius 2 is 1.65 bits per heavy atom. The average Bonchev–Trinajstić information content (AvgIpc) is 3.19. The van der Waals surface area contributed by atoms with Crippen LogP contribution < -0.4 is 0 Å². The molecule has 0 bridgehead atoms. The molecule has 37 heavy (non-hydrogen) atoms. The SMILES string of the molecule is CCc1nc2c(C)cc(C)nc2n1Cc1cccc(C(O)c2ccc(CO[Si](C)(C)C(C)(C)C)cc2)c1. The van der Waals surface area contributed by atoms with E-state index in [9.17, 15) is 5.11 Å². The van der Waals surface area contributed by atoms with Crippen LogP contribution in [0.2, 0.25) is 18.1 Å². The second-order valence-corrected chi connectivity index (χ2v) is 16.5. The molecule has 0 saturated heterocycles. The number of hydrogen-bond acceptors (Lipinski definition) is 4. The van der Waals surface area contributed by atoms with Crippen molar-refractivity contribution in [1.82, 2.24) is 14.5 Å². The Labute approximate surface area is 222 Å². The molecule has 196 valence electrons. The maximum atomic E-state index is 11.2. The van der Waals surface area contributed by atoms with Crippen LogP contribution in [0.1, 0.15) is 73.1 Å². The first kappa shape index (κ1) is 27.2. The number of aliphatic hydroxyl groups excluding tert-OH is 1. The first-order chi connectivity index (χ1) is 17.4. The number of aryl methyl sites for hydroxylation is 3. The van der Waals surface area contributed by atoms with Gasteiger partial charge in [0.2, 0.25) is 0 Å². The first-order valence-electron chi connectivity index (χ1n) is 13.2. The highest BCUT2D eigenvalue weighted by Crippen LogP contribution is 2.37. The molecular weight excluding hydrogens is 474 g/mol.